The summed E-state index contributed by atoms with van der Waals surface area (Å²) in [5, 5.41) is 0. The van der Waals surface area contributed by atoms with Crippen molar-refractivity contribution in [3.8, 4) is 10.4 Å². The van der Waals surface area contributed by atoms with Crippen LogP contribution >= 0.6 is 27.3 Å². The van der Waals surface area contributed by atoms with Gasteiger partial charge in [-0.2, -0.15) is 0 Å². The molecule has 2 rings (SSSR count). The molecular weight excluding hydrogens is 282 g/mol. The van der Waals surface area contributed by atoms with Gasteiger partial charge in [0, 0.05) is 19.8 Å². The van der Waals surface area contributed by atoms with Gasteiger partial charge in [0.2, 0.25) is 0 Å². The molecule has 0 amide bonds. The molecule has 0 unspecified atom stereocenters. The average molecular weight is 296 g/mol. The number of nitrogens with two attached hydrogens (primary N) is 1. The molecule has 2 N–H and O–H groups in total. The lowest BCUT2D eigenvalue weighted by Crippen LogP contribution is -1.99. The summed E-state index contributed by atoms with van der Waals surface area (Å²) in [7, 11) is 0. The smallest absolute Gasteiger partial charge is 0.0356 e. The molecule has 2 aromatic rings. The lowest BCUT2D eigenvalue weighted by atomic mass is 10.2. The van der Waals surface area contributed by atoms with Crippen molar-refractivity contribution in [1.82, 2.24) is 0 Å². The summed E-state index contributed by atoms with van der Waals surface area (Å²) >= 11 is 5.44. The number of hydrogen-bond donors (Lipinski definition) is 1. The Hall–Kier alpha value is -0.640. The molecule has 0 spiro atoms. The van der Waals surface area contributed by atoms with E-state index in [1.54, 1.807) is 0 Å². The van der Waals surface area contributed by atoms with Gasteiger partial charge in [0.05, 0.1) is 0 Å². The summed E-state index contributed by atoms with van der Waals surface area (Å²) in [4.78, 5) is 2.73. The van der Waals surface area contributed by atoms with E-state index in [9.17, 15) is 0 Å². The predicted octanol–water partition coefficient (Wildman–Crippen LogP) is 4.07. The third-order valence-corrected chi connectivity index (χ3v) is 4.30. The van der Waals surface area contributed by atoms with E-state index in [0.29, 0.717) is 0 Å². The Labute approximate surface area is 108 Å². The number of rotatable bonds is 4. The fraction of sp³-hybridized carbons (Fsp3) is 0.231. The number of halogens is 1. The van der Waals surface area contributed by atoms with E-state index in [1.165, 1.54) is 15.3 Å². The summed E-state index contributed by atoms with van der Waals surface area (Å²) < 4.78 is 1.15. The van der Waals surface area contributed by atoms with Gasteiger partial charge in [-0.05, 0) is 37.6 Å². The van der Waals surface area contributed by atoms with Crippen molar-refractivity contribution in [2.75, 3.05) is 6.54 Å². The van der Waals surface area contributed by atoms with Crippen LogP contribution in [-0.4, -0.2) is 6.54 Å². The first kappa shape index (κ1) is 11.8. The molecule has 16 heavy (non-hydrogen) atoms. The number of benzene rings is 1. The Bertz CT molecular complexity index is 464. The third-order valence-electron chi connectivity index (χ3n) is 2.43. The van der Waals surface area contributed by atoms with Crippen molar-refractivity contribution < 1.29 is 0 Å². The highest BCUT2D eigenvalue weighted by Crippen LogP contribution is 2.33. The van der Waals surface area contributed by atoms with Gasteiger partial charge in [0.25, 0.3) is 0 Å². The molecule has 0 atom stereocenters. The van der Waals surface area contributed by atoms with Gasteiger partial charge < -0.3 is 5.73 Å². The molecule has 0 aliphatic heterocycles. The monoisotopic (exact) mass is 295 g/mol. The molecule has 84 valence electrons. The van der Waals surface area contributed by atoms with Crippen molar-refractivity contribution in [3.05, 3.63) is 45.7 Å². The SMILES string of the molecule is NCCCc1ccc(-c2ccccc2Br)s1. The van der Waals surface area contributed by atoms with Gasteiger partial charge in [0.1, 0.15) is 0 Å². The molecule has 1 nitrogen and oxygen atoms in total. The highest BCUT2D eigenvalue weighted by atomic mass is 79.9. The zero-order valence-electron chi connectivity index (χ0n) is 8.95. The van der Waals surface area contributed by atoms with Crippen LogP contribution in [0.15, 0.2) is 40.9 Å². The molecule has 1 heterocycles. The summed E-state index contributed by atoms with van der Waals surface area (Å²) in [5.74, 6) is 0. The lowest BCUT2D eigenvalue weighted by Gasteiger charge is -2.00. The van der Waals surface area contributed by atoms with Crippen molar-refractivity contribution in [2.24, 2.45) is 5.73 Å². The van der Waals surface area contributed by atoms with Crippen molar-refractivity contribution in [3.63, 3.8) is 0 Å². The Morgan fingerprint density at radius 3 is 2.69 bits per heavy atom. The van der Waals surface area contributed by atoms with Crippen LogP contribution in [0.5, 0.6) is 0 Å². The maximum Gasteiger partial charge on any atom is 0.0356 e. The van der Waals surface area contributed by atoms with Crippen LogP contribution < -0.4 is 5.73 Å². The second kappa shape index (κ2) is 5.62. The van der Waals surface area contributed by atoms with E-state index in [-0.39, 0.29) is 0 Å². The van der Waals surface area contributed by atoms with Gasteiger partial charge in [-0.3, -0.25) is 0 Å². The van der Waals surface area contributed by atoms with Crippen LogP contribution in [0.25, 0.3) is 10.4 Å². The van der Waals surface area contributed by atoms with E-state index in [0.717, 1.165) is 23.9 Å². The van der Waals surface area contributed by atoms with Gasteiger partial charge in [0.15, 0.2) is 0 Å². The fourth-order valence-electron chi connectivity index (χ4n) is 1.59. The highest BCUT2D eigenvalue weighted by molar-refractivity contribution is 9.10. The van der Waals surface area contributed by atoms with Crippen molar-refractivity contribution in [2.45, 2.75) is 12.8 Å². The first-order valence-corrected chi connectivity index (χ1v) is 6.96. The van der Waals surface area contributed by atoms with E-state index < -0.39 is 0 Å². The second-order valence-electron chi connectivity index (χ2n) is 3.64. The molecule has 0 saturated heterocycles. The number of thiophene rings is 1. The molecule has 3 heteroatoms. The van der Waals surface area contributed by atoms with E-state index in [2.05, 4.69) is 46.3 Å². The van der Waals surface area contributed by atoms with Crippen LogP contribution in [0, 0.1) is 0 Å². The number of aryl methyl sites for hydroxylation is 1. The quantitative estimate of drug-likeness (QED) is 0.904. The van der Waals surface area contributed by atoms with Crippen LogP contribution in [0.1, 0.15) is 11.3 Å². The summed E-state index contributed by atoms with van der Waals surface area (Å²) in [6, 6.07) is 12.7. The maximum absolute atomic E-state index is 5.52. The largest absolute Gasteiger partial charge is 0.330 e. The third kappa shape index (κ3) is 2.73. The van der Waals surface area contributed by atoms with Gasteiger partial charge >= 0.3 is 0 Å². The highest BCUT2D eigenvalue weighted by Gasteiger charge is 2.05. The van der Waals surface area contributed by atoms with Crippen LogP contribution in [0.3, 0.4) is 0 Å². The van der Waals surface area contributed by atoms with E-state index >= 15 is 0 Å². The molecule has 0 radical (unpaired) electrons. The van der Waals surface area contributed by atoms with E-state index in [1.807, 2.05) is 17.4 Å². The van der Waals surface area contributed by atoms with Crippen LogP contribution in [-0.2, 0) is 6.42 Å². The Morgan fingerprint density at radius 1 is 1.12 bits per heavy atom. The summed E-state index contributed by atoms with van der Waals surface area (Å²) in [6.45, 7) is 0.766. The number of hydrogen-bond acceptors (Lipinski definition) is 2. The molecule has 0 fully saturated rings. The molecule has 0 bridgehead atoms. The van der Waals surface area contributed by atoms with Gasteiger partial charge in [-0.15, -0.1) is 11.3 Å². The van der Waals surface area contributed by atoms with Gasteiger partial charge in [-0.25, -0.2) is 0 Å². The molecular formula is C13H14BrNS. The van der Waals surface area contributed by atoms with Gasteiger partial charge in [-0.1, -0.05) is 34.1 Å². The Morgan fingerprint density at radius 2 is 1.94 bits per heavy atom. The second-order valence-corrected chi connectivity index (χ2v) is 5.66. The Kier molecular flexibility index (Phi) is 4.16. The topological polar surface area (TPSA) is 26.0 Å². The lowest BCUT2D eigenvalue weighted by molar-refractivity contribution is 0.843. The minimum absolute atomic E-state index is 0.766. The Balaban J connectivity index is 2.22. The molecule has 0 saturated carbocycles. The van der Waals surface area contributed by atoms with E-state index in [4.69, 9.17) is 5.73 Å². The first-order chi connectivity index (χ1) is 7.81. The minimum Gasteiger partial charge on any atom is -0.330 e. The van der Waals surface area contributed by atoms with Crippen molar-refractivity contribution >= 4 is 27.3 Å². The first-order valence-electron chi connectivity index (χ1n) is 5.35. The van der Waals surface area contributed by atoms with Crippen molar-refractivity contribution in [1.29, 1.82) is 0 Å². The minimum atomic E-state index is 0.766. The molecule has 1 aromatic heterocycles. The van der Waals surface area contributed by atoms with Crippen LogP contribution in [0.2, 0.25) is 0 Å². The zero-order chi connectivity index (χ0) is 11.4. The fourth-order valence-corrected chi connectivity index (χ4v) is 3.31. The molecule has 1 aromatic carbocycles. The zero-order valence-corrected chi connectivity index (χ0v) is 11.4. The molecule has 0 aliphatic rings. The van der Waals surface area contributed by atoms with Crippen LogP contribution in [0.4, 0.5) is 0 Å². The maximum atomic E-state index is 5.52. The summed E-state index contributed by atoms with van der Waals surface area (Å²) in [5.41, 5.74) is 6.79. The average Bonchev–Trinajstić information content (AvgIpc) is 2.75. The summed E-state index contributed by atoms with van der Waals surface area (Å²) in [6.07, 6.45) is 2.15. The molecule has 0 aliphatic carbocycles. The normalized spacial score (nSPS) is 10.6. The standard InChI is InChI=1S/C13H14BrNS/c14-12-6-2-1-5-11(12)13-8-7-10(16-13)4-3-9-15/h1-2,5-8H,3-4,9,15H2. The predicted molar refractivity (Wildman–Crippen MR) is 74.8 cm³/mol.